The maximum atomic E-state index is 11.9. The monoisotopic (exact) mass is 347 g/mol. The summed E-state index contributed by atoms with van der Waals surface area (Å²) >= 11 is 0. The van der Waals surface area contributed by atoms with Crippen LogP contribution in [0.4, 0.5) is 0 Å². The van der Waals surface area contributed by atoms with Crippen LogP contribution in [-0.2, 0) is 24.0 Å². The summed E-state index contributed by atoms with van der Waals surface area (Å²) in [5.74, 6) is -1.22. The van der Waals surface area contributed by atoms with Gasteiger partial charge in [-0.15, -0.1) is 0 Å². The third-order valence-electron chi connectivity index (χ3n) is 3.57. The highest BCUT2D eigenvalue weighted by Gasteiger charge is 2.57. The van der Waals surface area contributed by atoms with Crippen molar-refractivity contribution in [3.63, 3.8) is 0 Å². The molecule has 1 aromatic heterocycles. The van der Waals surface area contributed by atoms with Crippen LogP contribution < -0.4 is 11.2 Å². The third kappa shape index (κ3) is 3.22. The number of hydrogen-bond donors (Lipinski definition) is 1. The molecule has 3 heterocycles. The summed E-state index contributed by atoms with van der Waals surface area (Å²) in [5, 5.41) is 3.75. The second-order valence-corrected chi connectivity index (χ2v) is 8.29. The van der Waals surface area contributed by atoms with Crippen LogP contribution in [0.1, 0.15) is 20.1 Å². The van der Waals surface area contributed by atoms with Crippen molar-refractivity contribution < 1.29 is 22.6 Å². The first-order chi connectivity index (χ1) is 10.6. The molecule has 128 valence electrons. The third-order valence-corrected chi connectivity index (χ3v) is 4.50. The highest BCUT2D eigenvalue weighted by molar-refractivity contribution is 7.90. The van der Waals surface area contributed by atoms with E-state index in [1.54, 1.807) is 13.8 Å². The van der Waals surface area contributed by atoms with Crippen LogP contribution in [0, 0.1) is 0 Å². The van der Waals surface area contributed by atoms with Gasteiger partial charge in [-0.2, -0.15) is 9.78 Å². The van der Waals surface area contributed by atoms with Crippen molar-refractivity contribution in [2.45, 2.75) is 44.2 Å². The van der Waals surface area contributed by atoms with E-state index in [4.69, 9.17) is 14.2 Å². The molecular formula is C12H17N3O7S. The van der Waals surface area contributed by atoms with Crippen molar-refractivity contribution in [3.8, 4) is 0 Å². The molecule has 0 aliphatic carbocycles. The van der Waals surface area contributed by atoms with Crippen LogP contribution in [-0.4, -0.2) is 59.3 Å². The molecule has 0 radical (unpaired) electrons. The molecule has 23 heavy (non-hydrogen) atoms. The Morgan fingerprint density at radius 3 is 2.57 bits per heavy atom. The quantitative estimate of drug-likeness (QED) is 0.691. The molecule has 0 amide bonds. The molecule has 0 aromatic carbocycles. The van der Waals surface area contributed by atoms with Gasteiger partial charge in [0.15, 0.2) is 12.0 Å². The number of aromatic nitrogens is 3. The van der Waals surface area contributed by atoms with Gasteiger partial charge in [0.1, 0.15) is 34.3 Å². The van der Waals surface area contributed by atoms with Crippen LogP contribution in [0.5, 0.6) is 0 Å². The Morgan fingerprint density at radius 1 is 1.30 bits per heavy atom. The van der Waals surface area contributed by atoms with E-state index in [1.165, 1.54) is 0 Å². The Kier molecular flexibility index (Phi) is 3.71. The summed E-state index contributed by atoms with van der Waals surface area (Å²) < 4.78 is 41.2. The topological polar surface area (TPSA) is 130 Å². The first-order valence-corrected chi connectivity index (χ1v) is 8.99. The highest BCUT2D eigenvalue weighted by Crippen LogP contribution is 2.42. The first-order valence-electron chi connectivity index (χ1n) is 6.93. The van der Waals surface area contributed by atoms with Crippen molar-refractivity contribution in [2.24, 2.45) is 0 Å². The predicted molar refractivity (Wildman–Crippen MR) is 76.6 cm³/mol. The minimum atomic E-state index is -3.33. The molecule has 2 fully saturated rings. The second kappa shape index (κ2) is 5.23. The number of hydrogen-bond acceptors (Lipinski definition) is 8. The average molecular weight is 347 g/mol. The maximum absolute atomic E-state index is 11.9. The van der Waals surface area contributed by atoms with Gasteiger partial charge in [0.05, 0.1) is 5.75 Å². The lowest BCUT2D eigenvalue weighted by Gasteiger charge is -2.24. The first kappa shape index (κ1) is 16.3. The van der Waals surface area contributed by atoms with Gasteiger partial charge in [-0.05, 0) is 13.8 Å². The van der Waals surface area contributed by atoms with Crippen LogP contribution in [0.3, 0.4) is 0 Å². The smallest absolute Gasteiger partial charge is 0.346 e. The molecule has 0 saturated carbocycles. The summed E-state index contributed by atoms with van der Waals surface area (Å²) in [7, 11) is -3.33. The summed E-state index contributed by atoms with van der Waals surface area (Å²) in [6, 6.07) is 0. The van der Waals surface area contributed by atoms with Crippen molar-refractivity contribution in [1.29, 1.82) is 0 Å². The number of H-pyrrole nitrogens is 1. The molecule has 11 heteroatoms. The lowest BCUT2D eigenvalue weighted by Crippen LogP contribution is -2.39. The van der Waals surface area contributed by atoms with E-state index in [1.807, 2.05) is 0 Å². The molecular weight excluding hydrogens is 330 g/mol. The molecule has 2 aliphatic heterocycles. The van der Waals surface area contributed by atoms with E-state index in [2.05, 4.69) is 10.1 Å². The van der Waals surface area contributed by atoms with Crippen LogP contribution in [0.25, 0.3) is 0 Å². The zero-order valence-corrected chi connectivity index (χ0v) is 13.6. The van der Waals surface area contributed by atoms with E-state index >= 15 is 0 Å². The summed E-state index contributed by atoms with van der Waals surface area (Å²) in [5.41, 5.74) is -1.41. The number of nitrogens with zero attached hydrogens (tertiary/aromatic N) is 2. The summed E-state index contributed by atoms with van der Waals surface area (Å²) in [4.78, 5) is 25.1. The number of rotatable bonds is 3. The summed E-state index contributed by atoms with van der Waals surface area (Å²) in [6.45, 7) is 3.37. The molecule has 0 spiro atoms. The normalized spacial score (nSPS) is 32.8. The van der Waals surface area contributed by atoms with Crippen molar-refractivity contribution in [1.82, 2.24) is 14.8 Å². The molecule has 0 unspecified atom stereocenters. The summed E-state index contributed by atoms with van der Waals surface area (Å²) in [6.07, 6.45) is -1.15. The van der Waals surface area contributed by atoms with Gasteiger partial charge in [-0.3, -0.25) is 9.78 Å². The minimum Gasteiger partial charge on any atom is -0.346 e. The average Bonchev–Trinajstić information content (AvgIpc) is 2.83. The van der Waals surface area contributed by atoms with Crippen LogP contribution >= 0.6 is 0 Å². The molecule has 4 atom stereocenters. The zero-order valence-electron chi connectivity index (χ0n) is 12.8. The fourth-order valence-electron chi connectivity index (χ4n) is 2.83. The highest BCUT2D eigenvalue weighted by atomic mass is 32.2. The van der Waals surface area contributed by atoms with E-state index in [9.17, 15) is 18.0 Å². The number of aromatic amines is 1. The zero-order chi connectivity index (χ0) is 17.0. The van der Waals surface area contributed by atoms with Gasteiger partial charge in [-0.25, -0.2) is 13.2 Å². The van der Waals surface area contributed by atoms with Crippen molar-refractivity contribution in [3.05, 3.63) is 27.0 Å². The SMILES string of the molecule is CC1(C)O[C@@H]2[C@H](O1)[C@@H](CS(C)(=O)=O)O[C@@H]2n1ncc(=O)[nH]c1=O. The van der Waals surface area contributed by atoms with Gasteiger partial charge in [0.2, 0.25) is 0 Å². The van der Waals surface area contributed by atoms with E-state index < -0.39 is 51.4 Å². The van der Waals surface area contributed by atoms with Gasteiger partial charge in [0.25, 0.3) is 5.56 Å². The number of ether oxygens (including phenoxy) is 3. The van der Waals surface area contributed by atoms with Gasteiger partial charge < -0.3 is 14.2 Å². The van der Waals surface area contributed by atoms with Gasteiger partial charge in [0, 0.05) is 6.26 Å². The molecule has 3 rings (SSSR count). The lowest BCUT2D eigenvalue weighted by molar-refractivity contribution is -0.196. The minimum absolute atomic E-state index is 0.276. The van der Waals surface area contributed by atoms with E-state index in [0.29, 0.717) is 0 Å². The molecule has 2 aliphatic rings. The Labute approximate surface area is 131 Å². The Morgan fingerprint density at radius 2 is 1.96 bits per heavy atom. The van der Waals surface area contributed by atoms with E-state index in [-0.39, 0.29) is 5.75 Å². The fraction of sp³-hybridized carbons (Fsp3) is 0.750. The molecule has 0 bridgehead atoms. The largest absolute Gasteiger partial charge is 0.347 e. The van der Waals surface area contributed by atoms with Crippen LogP contribution in [0.2, 0.25) is 0 Å². The number of nitrogens with one attached hydrogen (secondary N) is 1. The molecule has 1 aromatic rings. The molecule has 2 saturated heterocycles. The van der Waals surface area contributed by atoms with Crippen LogP contribution in [0.15, 0.2) is 15.8 Å². The lowest BCUT2D eigenvalue weighted by atomic mass is 10.1. The van der Waals surface area contributed by atoms with Crippen molar-refractivity contribution in [2.75, 3.05) is 12.0 Å². The standard InChI is InChI=1S/C12H17N3O7S/c1-12(2)21-8-6(5-23(3,18)19)20-10(9(8)22-12)15-11(17)14-7(16)4-13-15/h4,6,8-10H,5H2,1-3H3,(H,14,16,17)/t6-,8-,9-,10+/m1/s1. The molecule has 10 nitrogen and oxygen atoms in total. The Bertz CT molecular complexity index is 828. The van der Waals surface area contributed by atoms with Gasteiger partial charge >= 0.3 is 5.69 Å². The van der Waals surface area contributed by atoms with E-state index in [0.717, 1.165) is 17.1 Å². The fourth-order valence-corrected chi connectivity index (χ4v) is 3.70. The maximum Gasteiger partial charge on any atom is 0.347 e. The molecule has 1 N–H and O–H groups in total. The number of fused-ring (bicyclic) bond motifs is 1. The Hall–Kier alpha value is -1.56. The Balaban J connectivity index is 1.98. The number of sulfone groups is 1. The predicted octanol–water partition coefficient (Wildman–Crippen LogP) is -1.61. The second-order valence-electron chi connectivity index (χ2n) is 6.11. The van der Waals surface area contributed by atoms with Gasteiger partial charge in [-0.1, -0.05) is 0 Å². The van der Waals surface area contributed by atoms with Crippen molar-refractivity contribution >= 4 is 9.84 Å².